The number of aliphatic carboxylic acids is 2. The van der Waals surface area contributed by atoms with Crippen LogP contribution in [0.25, 0.3) is 0 Å². The van der Waals surface area contributed by atoms with Crippen molar-refractivity contribution >= 4 is 11.9 Å². The third-order valence-corrected chi connectivity index (χ3v) is 5.80. The van der Waals surface area contributed by atoms with Crippen LogP contribution >= 0.6 is 0 Å². The zero-order chi connectivity index (χ0) is 22.3. The van der Waals surface area contributed by atoms with Gasteiger partial charge in [0.05, 0.1) is 5.60 Å². The molecular formula is C25H29NO5. The van der Waals surface area contributed by atoms with Crippen LogP contribution in [-0.4, -0.2) is 45.2 Å². The lowest BCUT2D eigenvalue weighted by Crippen LogP contribution is -2.42. The summed E-state index contributed by atoms with van der Waals surface area (Å²) >= 11 is 0. The molecule has 0 spiro atoms. The number of rotatable bonds is 6. The van der Waals surface area contributed by atoms with Gasteiger partial charge in [0, 0.05) is 31.8 Å². The molecule has 2 fully saturated rings. The Hall–Kier alpha value is -2.96. The van der Waals surface area contributed by atoms with E-state index in [0.29, 0.717) is 12.2 Å². The first kappa shape index (κ1) is 22.7. The van der Waals surface area contributed by atoms with E-state index in [-0.39, 0.29) is 0 Å². The molecule has 0 unspecified atom stereocenters. The van der Waals surface area contributed by atoms with Crippen molar-refractivity contribution in [1.29, 1.82) is 0 Å². The molecule has 1 saturated carbocycles. The Morgan fingerprint density at radius 3 is 1.94 bits per heavy atom. The molecule has 6 heteroatoms. The fraction of sp³-hybridized carbons (Fsp3) is 0.360. The maximum absolute atomic E-state index is 11.0. The van der Waals surface area contributed by atoms with E-state index in [1.165, 1.54) is 24.0 Å². The summed E-state index contributed by atoms with van der Waals surface area (Å²) in [5.41, 5.74) is 3.25. The standard InChI is InChI=1S/C21H25NO.C4H4O4/c23-21(20-10-8-19(9-11-20)18-6-7-18)12-14-22(15-13-21)16-17-4-2-1-3-5-17;5-3(6)1-2-4(7)8/h1-5,8-11,18,23H,6-7,12-16H2;1-2H,(H,5,6)(H,7,8)/b;2-1+. The van der Waals surface area contributed by atoms with Crippen LogP contribution < -0.4 is 0 Å². The Balaban J connectivity index is 0.000000293. The number of nitrogens with zero attached hydrogens (tertiary/aromatic N) is 1. The van der Waals surface area contributed by atoms with E-state index in [1.54, 1.807) is 0 Å². The Morgan fingerprint density at radius 1 is 0.903 bits per heavy atom. The molecule has 2 aromatic rings. The predicted octanol–water partition coefficient (Wildman–Crippen LogP) is 3.76. The van der Waals surface area contributed by atoms with Gasteiger partial charge in [0.15, 0.2) is 0 Å². The minimum absolute atomic E-state index is 0.558. The van der Waals surface area contributed by atoms with Gasteiger partial charge < -0.3 is 15.3 Å². The molecular weight excluding hydrogens is 394 g/mol. The molecule has 2 aliphatic rings. The average molecular weight is 424 g/mol. The minimum atomic E-state index is -1.26. The van der Waals surface area contributed by atoms with Crippen molar-refractivity contribution in [2.24, 2.45) is 0 Å². The van der Waals surface area contributed by atoms with Crippen LogP contribution in [0.5, 0.6) is 0 Å². The normalized spacial score (nSPS) is 18.2. The topological polar surface area (TPSA) is 98.1 Å². The summed E-state index contributed by atoms with van der Waals surface area (Å²) in [6.45, 7) is 2.89. The van der Waals surface area contributed by atoms with Gasteiger partial charge in [-0.3, -0.25) is 4.90 Å². The van der Waals surface area contributed by atoms with Gasteiger partial charge >= 0.3 is 11.9 Å². The Morgan fingerprint density at radius 2 is 1.45 bits per heavy atom. The predicted molar refractivity (Wildman–Crippen MR) is 118 cm³/mol. The van der Waals surface area contributed by atoms with Gasteiger partial charge in [-0.05, 0) is 48.3 Å². The molecule has 0 bridgehead atoms. The van der Waals surface area contributed by atoms with E-state index in [4.69, 9.17) is 10.2 Å². The Bertz CT molecular complexity index is 879. The molecule has 3 N–H and O–H groups in total. The molecule has 1 saturated heterocycles. The third-order valence-electron chi connectivity index (χ3n) is 5.80. The van der Waals surface area contributed by atoms with Gasteiger partial charge in [0.1, 0.15) is 0 Å². The van der Waals surface area contributed by atoms with Crippen molar-refractivity contribution in [3.8, 4) is 0 Å². The first-order valence-corrected chi connectivity index (χ1v) is 10.6. The zero-order valence-corrected chi connectivity index (χ0v) is 17.5. The molecule has 0 radical (unpaired) electrons. The number of likely N-dealkylation sites (tertiary alicyclic amines) is 1. The van der Waals surface area contributed by atoms with Crippen molar-refractivity contribution in [2.45, 2.75) is 43.7 Å². The number of carboxylic acid groups (broad SMARTS) is 2. The van der Waals surface area contributed by atoms with Crippen LogP contribution in [0, 0.1) is 0 Å². The van der Waals surface area contributed by atoms with Crippen LogP contribution in [0.4, 0.5) is 0 Å². The molecule has 1 aliphatic heterocycles. The van der Waals surface area contributed by atoms with E-state index in [9.17, 15) is 14.7 Å². The first-order chi connectivity index (χ1) is 14.9. The van der Waals surface area contributed by atoms with Crippen LogP contribution in [0.15, 0.2) is 66.7 Å². The highest BCUT2D eigenvalue weighted by Gasteiger charge is 2.34. The second kappa shape index (κ2) is 10.4. The quantitative estimate of drug-likeness (QED) is 0.612. The third kappa shape index (κ3) is 7.05. The minimum Gasteiger partial charge on any atom is -0.478 e. The van der Waals surface area contributed by atoms with Crippen molar-refractivity contribution in [3.63, 3.8) is 0 Å². The summed E-state index contributed by atoms with van der Waals surface area (Å²) in [6.07, 6.45) is 5.42. The smallest absolute Gasteiger partial charge is 0.328 e. The first-order valence-electron chi connectivity index (χ1n) is 10.6. The van der Waals surface area contributed by atoms with E-state index in [0.717, 1.165) is 44.0 Å². The van der Waals surface area contributed by atoms with Crippen molar-refractivity contribution in [1.82, 2.24) is 4.90 Å². The zero-order valence-electron chi connectivity index (χ0n) is 17.5. The number of hydrogen-bond donors (Lipinski definition) is 3. The summed E-state index contributed by atoms with van der Waals surface area (Å²) in [4.78, 5) is 21.6. The fourth-order valence-electron chi connectivity index (χ4n) is 3.84. The highest BCUT2D eigenvalue weighted by Crippen LogP contribution is 2.41. The number of piperidine rings is 1. The second-order valence-electron chi connectivity index (χ2n) is 8.20. The summed E-state index contributed by atoms with van der Waals surface area (Å²) in [5, 5.41) is 26.7. The van der Waals surface area contributed by atoms with Gasteiger partial charge in [0.25, 0.3) is 0 Å². The van der Waals surface area contributed by atoms with Gasteiger partial charge in [-0.2, -0.15) is 0 Å². The molecule has 1 heterocycles. The summed E-state index contributed by atoms with van der Waals surface area (Å²) in [7, 11) is 0. The molecule has 6 nitrogen and oxygen atoms in total. The number of carboxylic acids is 2. The van der Waals surface area contributed by atoms with Crippen molar-refractivity contribution < 1.29 is 24.9 Å². The Labute approximate surface area is 182 Å². The van der Waals surface area contributed by atoms with Crippen LogP contribution in [-0.2, 0) is 21.7 Å². The fourth-order valence-corrected chi connectivity index (χ4v) is 3.84. The maximum atomic E-state index is 11.0. The lowest BCUT2D eigenvalue weighted by molar-refractivity contribution is -0.134. The van der Waals surface area contributed by atoms with E-state index in [1.807, 2.05) is 0 Å². The molecule has 31 heavy (non-hydrogen) atoms. The molecule has 0 amide bonds. The maximum Gasteiger partial charge on any atom is 0.328 e. The van der Waals surface area contributed by atoms with E-state index in [2.05, 4.69) is 59.5 Å². The SMILES string of the molecule is O=C(O)/C=C/C(=O)O.OC1(c2ccc(C3CC3)cc2)CCN(Cc2ccccc2)CC1. The molecule has 2 aromatic carbocycles. The number of benzene rings is 2. The van der Waals surface area contributed by atoms with Crippen molar-refractivity contribution in [2.75, 3.05) is 13.1 Å². The lowest BCUT2D eigenvalue weighted by Gasteiger charge is -2.38. The second-order valence-corrected chi connectivity index (χ2v) is 8.20. The molecule has 0 aromatic heterocycles. The summed E-state index contributed by atoms with van der Waals surface area (Å²) < 4.78 is 0. The van der Waals surface area contributed by atoms with Crippen LogP contribution in [0.1, 0.15) is 48.3 Å². The molecule has 4 rings (SSSR count). The van der Waals surface area contributed by atoms with Gasteiger partial charge in [-0.1, -0.05) is 54.6 Å². The lowest BCUT2D eigenvalue weighted by atomic mass is 9.84. The molecule has 1 aliphatic carbocycles. The monoisotopic (exact) mass is 423 g/mol. The van der Waals surface area contributed by atoms with E-state index < -0.39 is 17.5 Å². The van der Waals surface area contributed by atoms with Gasteiger partial charge in [0.2, 0.25) is 0 Å². The van der Waals surface area contributed by atoms with Crippen LogP contribution in [0.2, 0.25) is 0 Å². The van der Waals surface area contributed by atoms with E-state index >= 15 is 0 Å². The number of carbonyl (C=O) groups is 2. The Kier molecular flexibility index (Phi) is 7.60. The van der Waals surface area contributed by atoms with Crippen molar-refractivity contribution in [3.05, 3.63) is 83.4 Å². The molecule has 164 valence electrons. The average Bonchev–Trinajstić information content (AvgIpc) is 3.61. The molecule has 0 atom stereocenters. The highest BCUT2D eigenvalue weighted by atomic mass is 16.4. The van der Waals surface area contributed by atoms with Gasteiger partial charge in [-0.25, -0.2) is 9.59 Å². The van der Waals surface area contributed by atoms with Crippen LogP contribution in [0.3, 0.4) is 0 Å². The highest BCUT2D eigenvalue weighted by molar-refractivity contribution is 5.89. The summed E-state index contributed by atoms with van der Waals surface area (Å²) in [6, 6.07) is 19.4. The number of hydrogen-bond acceptors (Lipinski definition) is 4. The van der Waals surface area contributed by atoms with Gasteiger partial charge in [-0.15, -0.1) is 0 Å². The number of aliphatic hydroxyl groups is 1. The largest absolute Gasteiger partial charge is 0.478 e. The summed E-state index contributed by atoms with van der Waals surface area (Å²) in [5.74, 6) is -1.73.